The van der Waals surface area contributed by atoms with Crippen LogP contribution in [0.2, 0.25) is 0 Å². The van der Waals surface area contributed by atoms with E-state index < -0.39 is 0 Å². The summed E-state index contributed by atoms with van der Waals surface area (Å²) < 4.78 is 0. The minimum atomic E-state index is -0.0416. The molecule has 1 saturated heterocycles. The number of carbonyl (C=O) groups excluding carboxylic acids is 1. The summed E-state index contributed by atoms with van der Waals surface area (Å²) in [6.07, 6.45) is 2.65. The predicted molar refractivity (Wildman–Crippen MR) is 77.2 cm³/mol. The van der Waals surface area contributed by atoms with Crippen LogP contribution < -0.4 is 5.32 Å². The quantitative estimate of drug-likeness (QED) is 0.902. The van der Waals surface area contributed by atoms with E-state index in [-0.39, 0.29) is 11.9 Å². The zero-order chi connectivity index (χ0) is 13.1. The number of carbonyl (C=O) groups is 1. The Hall–Kier alpha value is -1.75. The van der Waals surface area contributed by atoms with Crippen molar-refractivity contribution in [2.75, 3.05) is 11.5 Å². The number of benzene rings is 1. The number of nitrogens with one attached hydrogen (secondary N) is 2. The van der Waals surface area contributed by atoms with Gasteiger partial charge in [0, 0.05) is 17.4 Å². The maximum absolute atomic E-state index is 12.3. The Kier molecular flexibility index (Phi) is 3.55. The molecule has 5 heteroatoms. The lowest BCUT2D eigenvalue weighted by Gasteiger charge is -2.11. The highest BCUT2D eigenvalue weighted by atomic mass is 32.2. The van der Waals surface area contributed by atoms with Crippen LogP contribution in [-0.2, 0) is 0 Å². The fraction of sp³-hybridized carbons (Fsp3) is 0.286. The SMILES string of the molecule is O=C(N[C@H]1CCSC1)c1cn[nH]c1-c1ccccc1. The number of aromatic amines is 1. The number of aromatic nitrogens is 2. The van der Waals surface area contributed by atoms with Crippen molar-refractivity contribution in [1.29, 1.82) is 0 Å². The summed E-state index contributed by atoms with van der Waals surface area (Å²) in [6, 6.07) is 10.1. The van der Waals surface area contributed by atoms with Crippen LogP contribution >= 0.6 is 11.8 Å². The molecule has 2 N–H and O–H groups in total. The molecule has 0 radical (unpaired) electrons. The van der Waals surface area contributed by atoms with Crippen molar-refractivity contribution in [2.45, 2.75) is 12.5 Å². The maximum atomic E-state index is 12.3. The summed E-state index contributed by atoms with van der Waals surface area (Å²) in [7, 11) is 0. The van der Waals surface area contributed by atoms with Crippen LogP contribution in [-0.4, -0.2) is 33.7 Å². The van der Waals surface area contributed by atoms with Crippen molar-refractivity contribution in [3.63, 3.8) is 0 Å². The van der Waals surface area contributed by atoms with E-state index in [0.717, 1.165) is 29.2 Å². The lowest BCUT2D eigenvalue weighted by molar-refractivity contribution is 0.0942. The molecule has 98 valence electrons. The molecular weight excluding hydrogens is 258 g/mol. The van der Waals surface area contributed by atoms with Crippen molar-refractivity contribution in [3.05, 3.63) is 42.1 Å². The fourth-order valence-electron chi connectivity index (χ4n) is 2.19. The molecule has 1 aromatic heterocycles. The van der Waals surface area contributed by atoms with Crippen LogP contribution in [0.1, 0.15) is 16.8 Å². The van der Waals surface area contributed by atoms with Gasteiger partial charge in [-0.15, -0.1) is 0 Å². The van der Waals surface area contributed by atoms with E-state index in [9.17, 15) is 4.79 Å². The number of hydrogen-bond acceptors (Lipinski definition) is 3. The summed E-state index contributed by atoms with van der Waals surface area (Å²) in [4.78, 5) is 12.3. The van der Waals surface area contributed by atoms with Crippen LogP contribution in [0.4, 0.5) is 0 Å². The van der Waals surface area contributed by atoms with Crippen molar-refractivity contribution in [3.8, 4) is 11.3 Å². The van der Waals surface area contributed by atoms with Gasteiger partial charge in [-0.25, -0.2) is 0 Å². The Morgan fingerprint density at radius 1 is 1.37 bits per heavy atom. The summed E-state index contributed by atoms with van der Waals surface area (Å²) in [5.41, 5.74) is 2.37. The highest BCUT2D eigenvalue weighted by Crippen LogP contribution is 2.22. The Labute approximate surface area is 116 Å². The van der Waals surface area contributed by atoms with Gasteiger partial charge in [-0.1, -0.05) is 30.3 Å². The second-order valence-corrected chi connectivity index (χ2v) is 5.71. The molecule has 1 aliphatic heterocycles. The van der Waals surface area contributed by atoms with Crippen molar-refractivity contribution in [1.82, 2.24) is 15.5 Å². The number of nitrogens with zero attached hydrogens (tertiary/aromatic N) is 1. The number of hydrogen-bond donors (Lipinski definition) is 2. The van der Waals surface area contributed by atoms with Crippen molar-refractivity contribution in [2.24, 2.45) is 0 Å². The van der Waals surface area contributed by atoms with E-state index in [4.69, 9.17) is 0 Å². The summed E-state index contributed by atoms with van der Waals surface area (Å²) >= 11 is 1.88. The minimum Gasteiger partial charge on any atom is -0.348 e. The molecule has 1 aliphatic rings. The second-order valence-electron chi connectivity index (χ2n) is 4.56. The monoisotopic (exact) mass is 273 g/mol. The first-order valence-corrected chi connectivity index (χ1v) is 7.47. The van der Waals surface area contributed by atoms with E-state index in [2.05, 4.69) is 15.5 Å². The topological polar surface area (TPSA) is 57.8 Å². The zero-order valence-electron chi connectivity index (χ0n) is 10.4. The lowest BCUT2D eigenvalue weighted by Crippen LogP contribution is -2.34. The van der Waals surface area contributed by atoms with Gasteiger partial charge >= 0.3 is 0 Å². The molecular formula is C14H15N3OS. The van der Waals surface area contributed by atoms with E-state index >= 15 is 0 Å². The van der Waals surface area contributed by atoms with Gasteiger partial charge in [-0.3, -0.25) is 9.89 Å². The second kappa shape index (κ2) is 5.48. The number of amides is 1. The first-order chi connectivity index (χ1) is 9.34. The molecule has 0 spiro atoms. The summed E-state index contributed by atoms with van der Waals surface area (Å²) in [6.45, 7) is 0. The molecule has 3 rings (SSSR count). The fourth-order valence-corrected chi connectivity index (χ4v) is 3.35. The van der Waals surface area contributed by atoms with Crippen LogP contribution in [0, 0.1) is 0 Å². The molecule has 0 saturated carbocycles. The first-order valence-electron chi connectivity index (χ1n) is 6.32. The highest BCUT2D eigenvalue weighted by Gasteiger charge is 2.21. The van der Waals surface area contributed by atoms with Crippen molar-refractivity contribution >= 4 is 17.7 Å². The number of H-pyrrole nitrogens is 1. The summed E-state index contributed by atoms with van der Waals surface area (Å²) in [5.74, 6) is 2.09. The average Bonchev–Trinajstić information content (AvgIpc) is 3.10. The molecule has 1 aromatic carbocycles. The smallest absolute Gasteiger partial charge is 0.255 e. The van der Waals surface area contributed by atoms with Gasteiger partial charge in [-0.05, 0) is 12.2 Å². The van der Waals surface area contributed by atoms with E-state index in [0.29, 0.717) is 5.56 Å². The third kappa shape index (κ3) is 2.66. The van der Waals surface area contributed by atoms with E-state index in [1.807, 2.05) is 42.1 Å². The molecule has 2 heterocycles. The maximum Gasteiger partial charge on any atom is 0.255 e. The van der Waals surface area contributed by atoms with Crippen LogP contribution in [0.15, 0.2) is 36.5 Å². The number of rotatable bonds is 3. The van der Waals surface area contributed by atoms with Gasteiger partial charge in [-0.2, -0.15) is 16.9 Å². The largest absolute Gasteiger partial charge is 0.348 e. The minimum absolute atomic E-state index is 0.0416. The molecule has 1 amide bonds. The predicted octanol–water partition coefficient (Wildman–Crippen LogP) is 2.31. The normalized spacial score (nSPS) is 18.4. The third-order valence-corrected chi connectivity index (χ3v) is 4.37. The Morgan fingerprint density at radius 3 is 2.95 bits per heavy atom. The molecule has 4 nitrogen and oxygen atoms in total. The average molecular weight is 273 g/mol. The van der Waals surface area contributed by atoms with E-state index in [1.54, 1.807) is 6.20 Å². The van der Waals surface area contributed by atoms with Crippen molar-refractivity contribution < 1.29 is 4.79 Å². The molecule has 0 bridgehead atoms. The standard InChI is InChI=1S/C14H15N3OS/c18-14(16-11-6-7-19-9-11)12-8-15-17-13(12)10-4-2-1-3-5-10/h1-5,8,11H,6-7,9H2,(H,15,17)(H,16,18)/t11-/m0/s1. The van der Waals surface area contributed by atoms with Gasteiger partial charge in [0.15, 0.2) is 0 Å². The molecule has 1 fully saturated rings. The molecule has 2 aromatic rings. The Bertz CT molecular complexity index is 561. The van der Waals surface area contributed by atoms with Crippen LogP contribution in [0.3, 0.4) is 0 Å². The summed E-state index contributed by atoms with van der Waals surface area (Å²) in [5, 5.41) is 9.99. The van der Waals surface area contributed by atoms with Gasteiger partial charge in [0.1, 0.15) is 0 Å². The first kappa shape index (κ1) is 12.3. The van der Waals surface area contributed by atoms with Gasteiger partial charge in [0.25, 0.3) is 5.91 Å². The van der Waals surface area contributed by atoms with Crippen LogP contribution in [0.25, 0.3) is 11.3 Å². The van der Waals surface area contributed by atoms with Gasteiger partial charge in [0.05, 0.1) is 17.5 Å². The molecule has 0 aliphatic carbocycles. The number of thioether (sulfide) groups is 1. The van der Waals surface area contributed by atoms with Crippen LogP contribution in [0.5, 0.6) is 0 Å². The lowest BCUT2D eigenvalue weighted by atomic mass is 10.1. The van der Waals surface area contributed by atoms with E-state index in [1.165, 1.54) is 0 Å². The zero-order valence-corrected chi connectivity index (χ0v) is 11.2. The molecule has 1 atom stereocenters. The molecule has 19 heavy (non-hydrogen) atoms. The highest BCUT2D eigenvalue weighted by molar-refractivity contribution is 7.99. The van der Waals surface area contributed by atoms with Gasteiger partial charge in [0.2, 0.25) is 0 Å². The van der Waals surface area contributed by atoms with Gasteiger partial charge < -0.3 is 5.32 Å². The Morgan fingerprint density at radius 2 is 2.21 bits per heavy atom. The molecule has 0 unspecified atom stereocenters. The Balaban J connectivity index is 1.81. The third-order valence-electron chi connectivity index (χ3n) is 3.21.